The molecule has 0 spiro atoms. The molecule has 1 aromatic heterocycles. The molecule has 1 aliphatic carbocycles. The molecule has 5 nitrogen and oxygen atoms in total. The van der Waals surface area contributed by atoms with Crippen molar-refractivity contribution in [2.45, 2.75) is 37.9 Å². The monoisotopic (exact) mass is 507 g/mol. The van der Waals surface area contributed by atoms with E-state index in [2.05, 4.69) is 20.7 Å². The minimum atomic E-state index is -4.32. The van der Waals surface area contributed by atoms with Crippen molar-refractivity contribution >= 4 is 29.9 Å². The Balaban J connectivity index is 0.00000280. The number of aliphatic imine (C=N–C) groups is 1. The van der Waals surface area contributed by atoms with Gasteiger partial charge < -0.3 is 10.6 Å². The van der Waals surface area contributed by atoms with E-state index in [4.69, 9.17) is 0 Å². The first-order valence-electron chi connectivity index (χ1n) is 9.01. The summed E-state index contributed by atoms with van der Waals surface area (Å²) in [5.41, 5.74) is 0.853. The lowest BCUT2D eigenvalue weighted by atomic mass is 9.94. The van der Waals surface area contributed by atoms with Crippen LogP contribution in [0.3, 0.4) is 0 Å². The number of alkyl halides is 3. The summed E-state index contributed by atoms with van der Waals surface area (Å²) >= 11 is 0. The SMILES string of the molecule is CCNC(=NCc1ccnn1C)NCC1(c2cccc(C(F)(F)F)c2)CC1.I. The molecular weight excluding hydrogens is 482 g/mol. The Morgan fingerprint density at radius 2 is 2.00 bits per heavy atom. The van der Waals surface area contributed by atoms with Crippen molar-refractivity contribution < 1.29 is 13.2 Å². The van der Waals surface area contributed by atoms with Gasteiger partial charge in [-0.15, -0.1) is 24.0 Å². The Kier molecular flexibility index (Phi) is 7.35. The van der Waals surface area contributed by atoms with E-state index in [0.29, 0.717) is 25.6 Å². The average molecular weight is 507 g/mol. The largest absolute Gasteiger partial charge is 0.416 e. The fourth-order valence-electron chi connectivity index (χ4n) is 3.05. The zero-order chi connectivity index (χ0) is 19.5. The van der Waals surface area contributed by atoms with Crippen molar-refractivity contribution in [2.75, 3.05) is 13.1 Å². The predicted molar refractivity (Wildman–Crippen MR) is 114 cm³/mol. The summed E-state index contributed by atoms with van der Waals surface area (Å²) in [5.74, 6) is 0.650. The molecular formula is C19H25F3IN5. The third kappa shape index (κ3) is 5.39. The summed E-state index contributed by atoms with van der Waals surface area (Å²) in [7, 11) is 1.86. The summed E-state index contributed by atoms with van der Waals surface area (Å²) in [4.78, 5) is 4.55. The molecule has 1 saturated carbocycles. The predicted octanol–water partition coefficient (Wildman–Crippen LogP) is 3.84. The molecule has 154 valence electrons. The first kappa shape index (κ1) is 22.5. The zero-order valence-electron chi connectivity index (χ0n) is 15.9. The van der Waals surface area contributed by atoms with Crippen molar-refractivity contribution in [3.63, 3.8) is 0 Å². The number of aromatic nitrogens is 2. The maximum Gasteiger partial charge on any atom is 0.416 e. The van der Waals surface area contributed by atoms with E-state index in [-0.39, 0.29) is 29.4 Å². The fraction of sp³-hybridized carbons (Fsp3) is 0.474. The van der Waals surface area contributed by atoms with Crippen LogP contribution in [0.5, 0.6) is 0 Å². The van der Waals surface area contributed by atoms with E-state index in [1.165, 1.54) is 12.1 Å². The molecule has 0 atom stereocenters. The third-order valence-corrected chi connectivity index (χ3v) is 4.92. The van der Waals surface area contributed by atoms with Crippen LogP contribution in [0.1, 0.15) is 36.6 Å². The first-order valence-corrected chi connectivity index (χ1v) is 9.01. The van der Waals surface area contributed by atoms with Crippen molar-refractivity contribution in [1.82, 2.24) is 20.4 Å². The van der Waals surface area contributed by atoms with Crippen molar-refractivity contribution in [1.29, 1.82) is 0 Å². The molecule has 2 N–H and O–H groups in total. The van der Waals surface area contributed by atoms with E-state index in [9.17, 15) is 13.2 Å². The maximum absolute atomic E-state index is 13.0. The van der Waals surface area contributed by atoms with Gasteiger partial charge in [-0.25, -0.2) is 4.99 Å². The van der Waals surface area contributed by atoms with Crippen LogP contribution in [0, 0.1) is 0 Å². The van der Waals surface area contributed by atoms with Gasteiger partial charge in [0.25, 0.3) is 0 Å². The standard InChI is InChI=1S/C19H24F3N5.HI/c1-3-23-17(24-12-16-7-10-26-27(16)2)25-13-18(8-9-18)14-5-4-6-15(11-14)19(20,21)22;/h4-7,10-11H,3,8-9,12-13H2,1-2H3,(H2,23,24,25);1H. The Bertz CT molecular complexity index is 812. The second-order valence-electron chi connectivity index (χ2n) is 6.85. The fourth-order valence-corrected chi connectivity index (χ4v) is 3.05. The number of hydrogen-bond acceptors (Lipinski definition) is 2. The number of nitrogens with zero attached hydrogens (tertiary/aromatic N) is 3. The number of benzene rings is 1. The van der Waals surface area contributed by atoms with Crippen LogP contribution in [-0.4, -0.2) is 28.8 Å². The molecule has 1 aliphatic rings. The van der Waals surface area contributed by atoms with E-state index >= 15 is 0 Å². The van der Waals surface area contributed by atoms with Crippen LogP contribution < -0.4 is 10.6 Å². The summed E-state index contributed by atoms with van der Waals surface area (Å²) < 4.78 is 40.8. The molecule has 0 unspecified atom stereocenters. The molecule has 28 heavy (non-hydrogen) atoms. The van der Waals surface area contributed by atoms with Gasteiger partial charge in [-0.1, -0.05) is 18.2 Å². The van der Waals surface area contributed by atoms with E-state index in [1.54, 1.807) is 16.9 Å². The number of nitrogens with one attached hydrogen (secondary N) is 2. The van der Waals surface area contributed by atoms with Gasteiger partial charge in [0.15, 0.2) is 5.96 Å². The highest BCUT2D eigenvalue weighted by molar-refractivity contribution is 14.0. The minimum Gasteiger partial charge on any atom is -0.357 e. The number of rotatable bonds is 6. The molecule has 1 aromatic carbocycles. The lowest BCUT2D eigenvalue weighted by Crippen LogP contribution is -2.41. The topological polar surface area (TPSA) is 54.2 Å². The van der Waals surface area contributed by atoms with Gasteiger partial charge in [-0.2, -0.15) is 18.3 Å². The van der Waals surface area contributed by atoms with E-state index in [1.807, 2.05) is 20.0 Å². The van der Waals surface area contributed by atoms with Gasteiger partial charge in [-0.3, -0.25) is 4.68 Å². The van der Waals surface area contributed by atoms with Crippen LogP contribution in [0.2, 0.25) is 0 Å². The van der Waals surface area contributed by atoms with Gasteiger partial charge in [0.05, 0.1) is 17.8 Å². The second-order valence-corrected chi connectivity index (χ2v) is 6.85. The highest BCUT2D eigenvalue weighted by Crippen LogP contribution is 2.48. The Morgan fingerprint density at radius 3 is 2.57 bits per heavy atom. The lowest BCUT2D eigenvalue weighted by molar-refractivity contribution is -0.137. The Labute approximate surface area is 179 Å². The van der Waals surface area contributed by atoms with Crippen LogP contribution in [0.4, 0.5) is 13.2 Å². The number of aryl methyl sites for hydroxylation is 1. The molecule has 2 aromatic rings. The second kappa shape index (κ2) is 9.15. The lowest BCUT2D eigenvalue weighted by Gasteiger charge is -2.20. The summed E-state index contributed by atoms with van der Waals surface area (Å²) in [5, 5.41) is 10.6. The average Bonchev–Trinajstić information content (AvgIpc) is 3.32. The molecule has 1 heterocycles. The van der Waals surface area contributed by atoms with Gasteiger partial charge in [0.1, 0.15) is 0 Å². The van der Waals surface area contributed by atoms with Crippen molar-refractivity contribution in [2.24, 2.45) is 12.0 Å². The van der Waals surface area contributed by atoms with E-state index < -0.39 is 11.7 Å². The summed E-state index contributed by atoms with van der Waals surface area (Å²) in [6.45, 7) is 3.70. The maximum atomic E-state index is 13.0. The van der Waals surface area contributed by atoms with Gasteiger partial charge in [0, 0.05) is 31.7 Å². The highest BCUT2D eigenvalue weighted by Gasteiger charge is 2.45. The number of guanidine groups is 1. The zero-order valence-corrected chi connectivity index (χ0v) is 18.2. The molecule has 0 aliphatic heterocycles. The Hall–Kier alpha value is -1.78. The van der Waals surface area contributed by atoms with E-state index in [0.717, 1.165) is 30.2 Å². The van der Waals surface area contributed by atoms with Crippen LogP contribution >= 0.6 is 24.0 Å². The van der Waals surface area contributed by atoms with Crippen LogP contribution in [0.25, 0.3) is 0 Å². The third-order valence-electron chi connectivity index (χ3n) is 4.92. The normalized spacial score (nSPS) is 15.7. The van der Waals surface area contributed by atoms with Crippen molar-refractivity contribution in [3.8, 4) is 0 Å². The first-order chi connectivity index (χ1) is 12.8. The number of hydrogen-bond donors (Lipinski definition) is 2. The summed E-state index contributed by atoms with van der Waals surface area (Å²) in [6.07, 6.45) is -0.873. The molecule has 0 radical (unpaired) electrons. The molecule has 3 rings (SSSR count). The molecule has 1 fully saturated rings. The summed E-state index contributed by atoms with van der Waals surface area (Å²) in [6, 6.07) is 7.56. The van der Waals surface area contributed by atoms with Gasteiger partial charge >= 0.3 is 6.18 Å². The molecule has 9 heteroatoms. The van der Waals surface area contributed by atoms with Crippen molar-refractivity contribution in [3.05, 3.63) is 53.3 Å². The molecule has 0 amide bonds. The minimum absolute atomic E-state index is 0. The van der Waals surface area contributed by atoms with Crippen LogP contribution in [-0.2, 0) is 25.2 Å². The van der Waals surface area contributed by atoms with Crippen LogP contribution in [0.15, 0.2) is 41.5 Å². The van der Waals surface area contributed by atoms with Gasteiger partial charge in [0.2, 0.25) is 0 Å². The molecule has 0 saturated heterocycles. The quantitative estimate of drug-likeness (QED) is 0.355. The highest BCUT2D eigenvalue weighted by atomic mass is 127. The molecule has 0 bridgehead atoms. The smallest absolute Gasteiger partial charge is 0.357 e. The van der Waals surface area contributed by atoms with Gasteiger partial charge in [-0.05, 0) is 37.5 Å². The number of halogens is 4. The Morgan fingerprint density at radius 1 is 1.25 bits per heavy atom.